The van der Waals surface area contributed by atoms with Crippen molar-refractivity contribution in [2.24, 2.45) is 5.41 Å². The highest BCUT2D eigenvalue weighted by molar-refractivity contribution is 7.80. The number of nitro groups is 1. The van der Waals surface area contributed by atoms with Gasteiger partial charge in [0.1, 0.15) is 0 Å². The highest BCUT2D eigenvalue weighted by atomic mass is 32.1. The van der Waals surface area contributed by atoms with E-state index in [4.69, 9.17) is 10.00 Å². The molecule has 0 saturated heterocycles. The average molecular weight is 278 g/mol. The van der Waals surface area contributed by atoms with Gasteiger partial charge < -0.3 is 4.74 Å². The molecule has 0 spiro atoms. The minimum absolute atomic E-state index is 0.0465. The second-order valence-electron chi connectivity index (χ2n) is 4.85. The normalized spacial score (nSPS) is 16.2. The van der Waals surface area contributed by atoms with Gasteiger partial charge in [0.2, 0.25) is 0 Å². The van der Waals surface area contributed by atoms with Crippen LogP contribution in [0.4, 0.5) is 5.69 Å². The lowest BCUT2D eigenvalue weighted by Crippen LogP contribution is -2.37. The Morgan fingerprint density at radius 2 is 2.26 bits per heavy atom. The molecule has 0 N–H and O–H groups in total. The van der Waals surface area contributed by atoms with Crippen molar-refractivity contribution in [3.63, 3.8) is 0 Å². The number of hydrogen-bond acceptors (Lipinski definition) is 5. The van der Waals surface area contributed by atoms with E-state index in [1.807, 2.05) is 6.07 Å². The van der Waals surface area contributed by atoms with E-state index in [1.54, 1.807) is 0 Å². The number of nitrogens with zero attached hydrogens (tertiary/aromatic N) is 2. The zero-order valence-corrected chi connectivity index (χ0v) is 11.2. The van der Waals surface area contributed by atoms with Crippen LogP contribution in [0.2, 0.25) is 0 Å². The summed E-state index contributed by atoms with van der Waals surface area (Å²) in [6.45, 7) is 0.434. The van der Waals surface area contributed by atoms with E-state index in [0.29, 0.717) is 6.61 Å². The molecule has 0 unspecified atom stereocenters. The zero-order chi connectivity index (χ0) is 13.9. The van der Waals surface area contributed by atoms with Gasteiger partial charge in [-0.05, 0) is 30.7 Å². The number of thiol groups is 1. The third kappa shape index (κ3) is 2.82. The molecule has 0 bridgehead atoms. The number of nitriles is 1. The summed E-state index contributed by atoms with van der Waals surface area (Å²) < 4.78 is 5.60. The SMILES string of the molecule is N#Cc1ccc(OCC2(CS)CCC2)c([N+](=O)[O-])c1. The van der Waals surface area contributed by atoms with Crippen LogP contribution in [-0.2, 0) is 0 Å². The molecule has 1 aromatic rings. The molecule has 0 atom stereocenters. The molecule has 1 aliphatic carbocycles. The van der Waals surface area contributed by atoms with Crippen molar-refractivity contribution in [1.82, 2.24) is 0 Å². The van der Waals surface area contributed by atoms with Crippen LogP contribution in [-0.4, -0.2) is 17.3 Å². The number of rotatable bonds is 5. The standard InChI is InChI=1S/C13H14N2O3S/c14-7-10-2-3-12(11(6-10)15(16)17)18-8-13(9-19)4-1-5-13/h2-3,6,19H,1,4-5,8-9H2. The van der Waals surface area contributed by atoms with Gasteiger partial charge in [0.25, 0.3) is 0 Å². The lowest BCUT2D eigenvalue weighted by Gasteiger charge is -2.40. The van der Waals surface area contributed by atoms with E-state index in [2.05, 4.69) is 12.6 Å². The van der Waals surface area contributed by atoms with Crippen LogP contribution < -0.4 is 4.74 Å². The summed E-state index contributed by atoms with van der Waals surface area (Å²) in [5.41, 5.74) is 0.143. The molecule has 0 radical (unpaired) electrons. The summed E-state index contributed by atoms with van der Waals surface area (Å²) >= 11 is 4.32. The van der Waals surface area contributed by atoms with Gasteiger partial charge in [-0.1, -0.05) is 6.42 Å². The van der Waals surface area contributed by atoms with E-state index in [-0.39, 0.29) is 22.4 Å². The fourth-order valence-corrected chi connectivity index (χ4v) is 2.51. The smallest absolute Gasteiger partial charge is 0.312 e. The van der Waals surface area contributed by atoms with Crippen LogP contribution in [0.5, 0.6) is 5.75 Å². The Morgan fingerprint density at radius 3 is 2.74 bits per heavy atom. The van der Waals surface area contributed by atoms with Crippen molar-refractivity contribution in [1.29, 1.82) is 5.26 Å². The molecule has 5 nitrogen and oxygen atoms in total. The first-order valence-electron chi connectivity index (χ1n) is 6.02. The largest absolute Gasteiger partial charge is 0.486 e. The Hall–Kier alpha value is -1.74. The minimum atomic E-state index is -0.523. The van der Waals surface area contributed by atoms with E-state index in [1.165, 1.54) is 18.2 Å². The molecule has 0 aliphatic heterocycles. The Kier molecular flexibility index (Phi) is 3.96. The molecule has 19 heavy (non-hydrogen) atoms. The van der Waals surface area contributed by atoms with E-state index in [0.717, 1.165) is 25.0 Å². The maximum absolute atomic E-state index is 11.0. The van der Waals surface area contributed by atoms with Crippen molar-refractivity contribution in [3.05, 3.63) is 33.9 Å². The predicted octanol–water partition coefficient (Wildman–Crippen LogP) is 2.95. The molecule has 1 saturated carbocycles. The molecule has 1 fully saturated rings. The highest BCUT2D eigenvalue weighted by Gasteiger charge is 2.37. The molecular weight excluding hydrogens is 264 g/mol. The van der Waals surface area contributed by atoms with Gasteiger partial charge in [0.15, 0.2) is 5.75 Å². The highest BCUT2D eigenvalue weighted by Crippen LogP contribution is 2.42. The minimum Gasteiger partial charge on any atom is -0.486 e. The first-order chi connectivity index (χ1) is 9.10. The Morgan fingerprint density at radius 1 is 1.53 bits per heavy atom. The molecule has 0 heterocycles. The lowest BCUT2D eigenvalue weighted by atomic mass is 9.71. The molecule has 1 aromatic carbocycles. The Bertz CT molecular complexity index is 530. The summed E-state index contributed by atoms with van der Waals surface area (Å²) in [6, 6.07) is 6.13. The van der Waals surface area contributed by atoms with Crippen LogP contribution in [0.15, 0.2) is 18.2 Å². The van der Waals surface area contributed by atoms with Gasteiger partial charge in [-0.2, -0.15) is 17.9 Å². The maximum atomic E-state index is 11.0. The molecule has 0 aromatic heterocycles. The topological polar surface area (TPSA) is 76.2 Å². The van der Waals surface area contributed by atoms with Crippen LogP contribution in [0.1, 0.15) is 24.8 Å². The second-order valence-corrected chi connectivity index (χ2v) is 5.17. The summed E-state index contributed by atoms with van der Waals surface area (Å²) in [5.74, 6) is 0.939. The van der Waals surface area contributed by atoms with E-state index in [9.17, 15) is 10.1 Å². The Balaban J connectivity index is 2.16. The molecule has 0 amide bonds. The van der Waals surface area contributed by atoms with Crippen LogP contribution in [0.25, 0.3) is 0 Å². The van der Waals surface area contributed by atoms with Gasteiger partial charge in [-0.15, -0.1) is 0 Å². The second kappa shape index (κ2) is 5.49. The van der Waals surface area contributed by atoms with E-state index < -0.39 is 4.92 Å². The molecule has 6 heteroatoms. The molecular formula is C13H14N2O3S. The van der Waals surface area contributed by atoms with Crippen molar-refractivity contribution in [2.45, 2.75) is 19.3 Å². The number of hydrogen-bond donors (Lipinski definition) is 1. The predicted molar refractivity (Wildman–Crippen MR) is 73.4 cm³/mol. The summed E-state index contributed by atoms with van der Waals surface area (Å²) in [5, 5.41) is 19.7. The average Bonchev–Trinajstić information content (AvgIpc) is 2.38. The van der Waals surface area contributed by atoms with Gasteiger partial charge >= 0.3 is 5.69 Å². The number of ether oxygens (including phenoxy) is 1. The fraction of sp³-hybridized carbons (Fsp3) is 0.462. The van der Waals surface area contributed by atoms with Crippen molar-refractivity contribution < 1.29 is 9.66 Å². The van der Waals surface area contributed by atoms with Crippen LogP contribution >= 0.6 is 12.6 Å². The fourth-order valence-electron chi connectivity index (χ4n) is 2.11. The van der Waals surface area contributed by atoms with Crippen molar-refractivity contribution in [2.75, 3.05) is 12.4 Å². The summed E-state index contributed by atoms with van der Waals surface area (Å²) in [4.78, 5) is 10.4. The number of benzene rings is 1. The van der Waals surface area contributed by atoms with Crippen molar-refractivity contribution >= 4 is 18.3 Å². The molecule has 1 aliphatic rings. The monoisotopic (exact) mass is 278 g/mol. The summed E-state index contributed by atoms with van der Waals surface area (Å²) in [7, 11) is 0. The Labute approximate surface area is 116 Å². The molecule has 2 rings (SSSR count). The quantitative estimate of drug-likeness (QED) is 0.510. The summed E-state index contributed by atoms with van der Waals surface area (Å²) in [6.07, 6.45) is 3.24. The van der Waals surface area contributed by atoms with Gasteiger partial charge in [-0.25, -0.2) is 0 Å². The van der Waals surface area contributed by atoms with E-state index >= 15 is 0 Å². The van der Waals surface area contributed by atoms with Gasteiger partial charge in [-0.3, -0.25) is 10.1 Å². The maximum Gasteiger partial charge on any atom is 0.312 e. The van der Waals surface area contributed by atoms with Crippen LogP contribution in [0.3, 0.4) is 0 Å². The number of nitro benzene ring substituents is 1. The lowest BCUT2D eigenvalue weighted by molar-refractivity contribution is -0.386. The van der Waals surface area contributed by atoms with Crippen molar-refractivity contribution in [3.8, 4) is 11.8 Å². The van der Waals surface area contributed by atoms with Gasteiger partial charge in [0, 0.05) is 11.5 Å². The van der Waals surface area contributed by atoms with Crippen LogP contribution in [0, 0.1) is 26.9 Å². The first kappa shape index (κ1) is 13.7. The molecule has 100 valence electrons. The first-order valence-corrected chi connectivity index (χ1v) is 6.66. The third-order valence-electron chi connectivity index (χ3n) is 3.57. The van der Waals surface area contributed by atoms with Gasteiger partial charge in [0.05, 0.1) is 23.2 Å². The zero-order valence-electron chi connectivity index (χ0n) is 10.3. The third-order valence-corrected chi connectivity index (χ3v) is 4.24.